The number of methoxy groups -OCH3 is 2. The number of piperidine rings is 3. The highest BCUT2D eigenvalue weighted by Crippen LogP contribution is 2.46. The predicted octanol–water partition coefficient (Wildman–Crippen LogP) is 7.64. The summed E-state index contributed by atoms with van der Waals surface area (Å²) in [4.78, 5) is 35.1. The van der Waals surface area contributed by atoms with Crippen LogP contribution in [0, 0.1) is 0 Å². The Kier molecular flexibility index (Phi) is 10.9. The van der Waals surface area contributed by atoms with Crippen LogP contribution >= 0.6 is 0 Å². The number of fused-ring (bicyclic) bond motifs is 4. The van der Waals surface area contributed by atoms with Gasteiger partial charge >= 0.3 is 6.03 Å². The lowest BCUT2D eigenvalue weighted by Gasteiger charge is -2.48. The van der Waals surface area contributed by atoms with Crippen molar-refractivity contribution in [2.75, 3.05) is 55.0 Å². The minimum absolute atomic E-state index is 0.124. The van der Waals surface area contributed by atoms with E-state index in [9.17, 15) is 18.0 Å². The lowest BCUT2D eigenvalue weighted by Crippen LogP contribution is -2.61. The Morgan fingerprint density at radius 1 is 0.862 bits per heavy atom. The van der Waals surface area contributed by atoms with Crippen LogP contribution < -0.4 is 40.2 Å². The number of amides is 3. The fourth-order valence-electron chi connectivity index (χ4n) is 7.71. The number of rotatable bonds is 12. The standard InChI is InChI=1S/C43H49N7O7S/c1-42(2,3)27-23-33(48-58(6,53)54)39(56-5)35(24-27)50(41(44)52)34-13-14-36(31-10-8-7-9-30(31)34)57-29-15-19-45-38(26-29)46-28-11-12-32(37(25-28)55-4)40(51)47-43-16-20-49(21-17-43)22-18-43/h7-15,19,23-26,48H,16-18,20-22H2,1-6H3,(H2,44,52)(H,45,46)(H,47,51). The second-order valence-electron chi connectivity index (χ2n) is 15.8. The van der Waals surface area contributed by atoms with Gasteiger partial charge in [-0.2, -0.15) is 0 Å². The normalized spacial score (nSPS) is 17.7. The van der Waals surface area contributed by atoms with E-state index in [4.69, 9.17) is 19.9 Å². The molecular weight excluding hydrogens is 759 g/mol. The van der Waals surface area contributed by atoms with Crippen molar-refractivity contribution >= 4 is 61.3 Å². The topological polar surface area (TPSA) is 177 Å². The van der Waals surface area contributed by atoms with Crippen LogP contribution in [0.2, 0.25) is 0 Å². The van der Waals surface area contributed by atoms with Gasteiger partial charge < -0.3 is 35.5 Å². The number of carbonyl (C=O) groups excluding carboxylic acids is 2. The van der Waals surface area contributed by atoms with Crippen LogP contribution in [0.15, 0.2) is 85.1 Å². The number of hydrogen-bond acceptors (Lipinski definition) is 10. The van der Waals surface area contributed by atoms with Crippen molar-refractivity contribution in [3.63, 3.8) is 0 Å². The largest absolute Gasteiger partial charge is 0.496 e. The van der Waals surface area contributed by atoms with Crippen molar-refractivity contribution in [1.82, 2.24) is 15.2 Å². The minimum Gasteiger partial charge on any atom is -0.496 e. The van der Waals surface area contributed by atoms with Crippen LogP contribution in [-0.2, 0) is 15.4 Å². The molecule has 5 aromatic rings. The van der Waals surface area contributed by atoms with Gasteiger partial charge in [0.1, 0.15) is 23.1 Å². The Morgan fingerprint density at radius 2 is 1.57 bits per heavy atom. The smallest absolute Gasteiger partial charge is 0.324 e. The summed E-state index contributed by atoms with van der Waals surface area (Å²) >= 11 is 0. The molecule has 3 saturated heterocycles. The van der Waals surface area contributed by atoms with E-state index in [0.29, 0.717) is 50.8 Å². The number of benzene rings is 4. The van der Waals surface area contributed by atoms with Crippen molar-refractivity contribution in [3.8, 4) is 23.0 Å². The van der Waals surface area contributed by atoms with Crippen molar-refractivity contribution < 1.29 is 32.2 Å². The van der Waals surface area contributed by atoms with Crippen LogP contribution in [0.5, 0.6) is 23.0 Å². The highest BCUT2D eigenvalue weighted by atomic mass is 32.2. The van der Waals surface area contributed by atoms with Crippen molar-refractivity contribution in [1.29, 1.82) is 0 Å². The molecular formula is C43H49N7O7S. The highest BCUT2D eigenvalue weighted by Gasteiger charge is 2.40. The first kappa shape index (κ1) is 40.1. The monoisotopic (exact) mass is 807 g/mol. The molecule has 0 radical (unpaired) electrons. The van der Waals surface area contributed by atoms with Gasteiger partial charge in [0, 0.05) is 60.0 Å². The number of urea groups is 1. The van der Waals surface area contributed by atoms with Crippen LogP contribution in [0.4, 0.5) is 33.4 Å². The Morgan fingerprint density at radius 3 is 2.21 bits per heavy atom. The molecule has 3 amide bonds. The van der Waals surface area contributed by atoms with E-state index in [-0.39, 0.29) is 28.6 Å². The SMILES string of the molecule is COc1cc(Nc2cc(Oc3ccc(N(C(N)=O)c4cc(C(C)(C)C)cc(NS(C)(=O)=O)c4OC)c4ccccc34)ccn2)ccc1C(=O)NC12CCN(CC1)CC2. The molecule has 4 aromatic carbocycles. The van der Waals surface area contributed by atoms with E-state index < -0.39 is 21.5 Å². The van der Waals surface area contributed by atoms with Crippen LogP contribution in [0.1, 0.15) is 56.0 Å². The zero-order chi connectivity index (χ0) is 41.4. The van der Waals surface area contributed by atoms with Gasteiger partial charge in [-0.3, -0.25) is 14.4 Å². The van der Waals surface area contributed by atoms with Gasteiger partial charge in [-0.05, 0) is 72.7 Å². The van der Waals surface area contributed by atoms with Crippen molar-refractivity contribution in [2.45, 2.75) is 51.0 Å². The van der Waals surface area contributed by atoms with Gasteiger partial charge in [-0.15, -0.1) is 0 Å². The lowest BCUT2D eigenvalue weighted by molar-refractivity contribution is 0.0514. The van der Waals surface area contributed by atoms with Gasteiger partial charge in [0.2, 0.25) is 10.0 Å². The predicted molar refractivity (Wildman–Crippen MR) is 227 cm³/mol. The second kappa shape index (κ2) is 15.7. The molecule has 0 unspecified atom stereocenters. The molecule has 2 bridgehead atoms. The third-order valence-electron chi connectivity index (χ3n) is 10.8. The fourth-order valence-corrected chi connectivity index (χ4v) is 8.26. The molecule has 14 nitrogen and oxygen atoms in total. The number of pyridine rings is 1. The summed E-state index contributed by atoms with van der Waals surface area (Å²) in [6.07, 6.45) is 5.52. The summed E-state index contributed by atoms with van der Waals surface area (Å²) in [6, 6.07) is 22.4. The molecule has 3 aliphatic rings. The number of ether oxygens (including phenoxy) is 3. The molecule has 0 atom stereocenters. The first-order chi connectivity index (χ1) is 27.6. The summed E-state index contributed by atoms with van der Waals surface area (Å²) in [7, 11) is -0.768. The molecule has 3 fully saturated rings. The summed E-state index contributed by atoms with van der Waals surface area (Å²) < 4.78 is 45.2. The molecule has 0 spiro atoms. The molecule has 5 N–H and O–H groups in total. The number of nitrogens with one attached hydrogen (secondary N) is 3. The highest BCUT2D eigenvalue weighted by molar-refractivity contribution is 7.92. The van der Waals surface area contributed by atoms with Crippen LogP contribution in [0.25, 0.3) is 10.8 Å². The number of nitrogens with two attached hydrogens (primary N) is 1. The lowest BCUT2D eigenvalue weighted by atomic mass is 9.80. The van der Waals surface area contributed by atoms with Gasteiger partial charge in [0.05, 0.1) is 43.1 Å². The number of aromatic nitrogens is 1. The molecule has 0 aliphatic carbocycles. The van der Waals surface area contributed by atoms with Crippen molar-refractivity contribution in [3.05, 3.63) is 96.2 Å². The third-order valence-corrected chi connectivity index (χ3v) is 11.4. The molecule has 0 saturated carbocycles. The summed E-state index contributed by atoms with van der Waals surface area (Å²) in [5.74, 6) is 1.90. The Labute approximate surface area is 338 Å². The van der Waals surface area contributed by atoms with Gasteiger partial charge in [-0.1, -0.05) is 45.0 Å². The number of primary amides is 1. The number of sulfonamides is 1. The summed E-state index contributed by atoms with van der Waals surface area (Å²) in [5, 5.41) is 7.92. The number of carbonyl (C=O) groups is 2. The first-order valence-corrected chi connectivity index (χ1v) is 20.9. The number of anilines is 5. The minimum atomic E-state index is -3.72. The quantitative estimate of drug-likeness (QED) is 0.0980. The first-order valence-electron chi connectivity index (χ1n) is 19.0. The average molecular weight is 808 g/mol. The average Bonchev–Trinajstić information content (AvgIpc) is 3.18. The molecule has 15 heteroatoms. The Hall–Kier alpha value is -6.06. The second-order valence-corrected chi connectivity index (χ2v) is 17.6. The molecule has 58 heavy (non-hydrogen) atoms. The van der Waals surface area contributed by atoms with E-state index in [1.54, 1.807) is 61.8 Å². The van der Waals surface area contributed by atoms with E-state index in [2.05, 4.69) is 25.2 Å². The maximum absolute atomic E-state index is 13.4. The van der Waals surface area contributed by atoms with Crippen LogP contribution in [0.3, 0.4) is 0 Å². The summed E-state index contributed by atoms with van der Waals surface area (Å²) in [6.45, 7) is 8.94. The van der Waals surface area contributed by atoms with Gasteiger partial charge in [0.15, 0.2) is 5.75 Å². The van der Waals surface area contributed by atoms with E-state index in [1.807, 2.05) is 51.1 Å². The van der Waals surface area contributed by atoms with E-state index in [1.165, 1.54) is 12.0 Å². The maximum atomic E-state index is 13.4. The Balaban J connectivity index is 1.17. The summed E-state index contributed by atoms with van der Waals surface area (Å²) in [5.41, 5.74) is 8.24. The van der Waals surface area contributed by atoms with E-state index >= 15 is 0 Å². The zero-order valence-corrected chi connectivity index (χ0v) is 34.3. The molecule has 8 rings (SSSR count). The van der Waals surface area contributed by atoms with Gasteiger partial charge in [0.25, 0.3) is 5.91 Å². The number of nitrogens with zero attached hydrogens (tertiary/aromatic N) is 3. The van der Waals surface area contributed by atoms with Crippen LogP contribution in [-0.4, -0.2) is 75.9 Å². The molecule has 4 heterocycles. The molecule has 1 aromatic heterocycles. The number of hydrogen-bond donors (Lipinski definition) is 4. The van der Waals surface area contributed by atoms with Crippen molar-refractivity contribution in [2.24, 2.45) is 5.73 Å². The van der Waals surface area contributed by atoms with Gasteiger partial charge in [-0.25, -0.2) is 18.2 Å². The maximum Gasteiger partial charge on any atom is 0.324 e. The molecule has 304 valence electrons. The zero-order valence-electron chi connectivity index (χ0n) is 33.5. The fraction of sp³-hybridized carbons (Fsp3) is 0.326. The molecule has 3 aliphatic heterocycles. The third kappa shape index (κ3) is 8.46. The Bertz CT molecular complexity index is 2480. The van der Waals surface area contributed by atoms with E-state index in [0.717, 1.165) is 50.7 Å².